The second-order valence-corrected chi connectivity index (χ2v) is 19.8. The predicted molar refractivity (Wildman–Crippen MR) is 239 cm³/mol. The molecule has 0 aliphatic rings. The van der Waals surface area contributed by atoms with Crippen LogP contribution in [0.2, 0.25) is 0 Å². The molecule has 0 unspecified atom stereocenters. The first kappa shape index (κ1) is 36.6. The summed E-state index contributed by atoms with van der Waals surface area (Å²) in [5.74, 6) is 2.09. The molecule has 0 N–H and O–H groups in total. The lowest BCUT2D eigenvalue weighted by Gasteiger charge is -2.26. The van der Waals surface area contributed by atoms with Crippen molar-refractivity contribution in [2.24, 2.45) is 5.41 Å². The van der Waals surface area contributed by atoms with Gasteiger partial charge >= 0.3 is 0 Å². The quantitative estimate of drug-likeness (QED) is 0.125. The van der Waals surface area contributed by atoms with Crippen molar-refractivity contribution in [3.8, 4) is 28.7 Å². The number of nitrogens with zero attached hydrogens (tertiary/aromatic N) is 5. The van der Waals surface area contributed by atoms with E-state index in [4.69, 9.17) is 9.72 Å². The summed E-state index contributed by atoms with van der Waals surface area (Å²) in [4.78, 5) is 9.53. The first-order valence-electron chi connectivity index (χ1n) is 21.3. The molecule has 4 aromatic heterocycles. The molecule has 0 bridgehead atoms. The summed E-state index contributed by atoms with van der Waals surface area (Å²) < 4.78 is 31.3. The average molecular weight is 770 g/mol. The van der Waals surface area contributed by atoms with Crippen LogP contribution in [0.25, 0.3) is 50.0 Å². The Morgan fingerprint density at radius 1 is 0.638 bits per heavy atom. The van der Waals surface area contributed by atoms with Gasteiger partial charge < -0.3 is 4.74 Å². The van der Waals surface area contributed by atoms with Gasteiger partial charge in [-0.15, -0.1) is 0 Å². The van der Waals surface area contributed by atoms with Crippen molar-refractivity contribution in [1.82, 2.24) is 19.1 Å². The Labute approximate surface area is 347 Å². The maximum atomic E-state index is 9.20. The summed E-state index contributed by atoms with van der Waals surface area (Å²) in [6.07, 6.45) is 7.50. The standard InChI is InChI=1S/C52H57N5O/c1-49(2,3)30-34-17-20-45-47(23-34)56(33-55(45)38-25-36(51(7,8)9)24-37(26-38)52(10,11)12)39-28-41(32-53-31-39)58-40-18-19-43-42-15-13-14-16-44(42)57(46(43)29-40)48-27-35(21-22-54-48)50(4,5)6/h13-29,31-32H,30H2,1-12H3/i30D2. The number of imidazole rings is 1. The maximum absolute atomic E-state index is 9.20. The molecule has 6 nitrogen and oxygen atoms in total. The van der Waals surface area contributed by atoms with Crippen molar-refractivity contribution in [2.75, 3.05) is 0 Å². The number of ether oxygens (including phenoxy) is 1. The second-order valence-electron chi connectivity index (χ2n) is 19.8. The lowest BCUT2D eigenvalue weighted by Crippen LogP contribution is -2.31. The fourth-order valence-electron chi connectivity index (χ4n) is 7.60. The van der Waals surface area contributed by atoms with E-state index in [9.17, 15) is 2.74 Å². The highest BCUT2D eigenvalue weighted by Crippen LogP contribution is 2.37. The van der Waals surface area contributed by atoms with Gasteiger partial charge in [0.2, 0.25) is 0 Å². The summed E-state index contributed by atoms with van der Waals surface area (Å²) in [5.41, 5.74) is 8.99. The normalized spacial score (nSPS) is 13.7. The first-order valence-corrected chi connectivity index (χ1v) is 20.3. The number of hydrogen-bond acceptors (Lipinski definition) is 3. The summed E-state index contributed by atoms with van der Waals surface area (Å²) in [7, 11) is 0. The van der Waals surface area contributed by atoms with Gasteiger partial charge in [0.1, 0.15) is 17.3 Å². The molecule has 0 saturated heterocycles. The van der Waals surface area contributed by atoms with Crippen molar-refractivity contribution in [1.29, 1.82) is 0 Å². The van der Waals surface area contributed by atoms with E-state index < -0.39 is 11.8 Å². The van der Waals surface area contributed by atoms with Crippen molar-refractivity contribution in [3.05, 3.63) is 144 Å². The number of benzene rings is 4. The molecular weight excluding hydrogens is 711 g/mol. The van der Waals surface area contributed by atoms with Gasteiger partial charge in [0, 0.05) is 32.0 Å². The molecule has 0 saturated carbocycles. The molecule has 58 heavy (non-hydrogen) atoms. The highest BCUT2D eigenvalue weighted by atomic mass is 16.5. The van der Waals surface area contributed by atoms with E-state index in [1.807, 2.05) is 61.9 Å². The summed E-state index contributed by atoms with van der Waals surface area (Å²) in [5, 5.41) is 2.26. The Kier molecular flexibility index (Phi) is 8.81. The summed E-state index contributed by atoms with van der Waals surface area (Å²) >= 11 is 0. The van der Waals surface area contributed by atoms with Crippen LogP contribution >= 0.6 is 0 Å². The van der Waals surface area contributed by atoms with E-state index >= 15 is 0 Å². The number of aromatic nitrogens is 5. The van der Waals surface area contributed by atoms with Gasteiger partial charge in [0.15, 0.2) is 0 Å². The van der Waals surface area contributed by atoms with Crippen LogP contribution in [0.4, 0.5) is 0 Å². The zero-order chi connectivity index (χ0) is 43.2. The van der Waals surface area contributed by atoms with Crippen LogP contribution in [0.5, 0.6) is 11.5 Å². The topological polar surface area (TPSA) is 48.8 Å². The highest BCUT2D eigenvalue weighted by molar-refractivity contribution is 6.09. The third-order valence-electron chi connectivity index (χ3n) is 10.8. The fourth-order valence-corrected chi connectivity index (χ4v) is 7.60. The number of rotatable bonds is 6. The molecular formula is C52H57N5O. The average Bonchev–Trinajstić information content (AvgIpc) is 3.72. The monoisotopic (exact) mass is 769 g/mol. The van der Waals surface area contributed by atoms with E-state index in [1.165, 1.54) is 16.7 Å². The third-order valence-corrected chi connectivity index (χ3v) is 10.8. The zero-order valence-electron chi connectivity index (χ0n) is 38.1. The minimum absolute atomic E-state index is 0.0317. The smallest absolute Gasteiger partial charge is 0.269 e. The van der Waals surface area contributed by atoms with E-state index in [2.05, 4.69) is 149 Å². The molecule has 4 heterocycles. The van der Waals surface area contributed by atoms with Crippen LogP contribution in [0, 0.1) is 11.7 Å². The van der Waals surface area contributed by atoms with Crippen molar-refractivity contribution in [3.63, 3.8) is 0 Å². The molecule has 6 heteroatoms. The minimum atomic E-state index is -1.60. The van der Waals surface area contributed by atoms with Crippen molar-refractivity contribution in [2.45, 2.75) is 106 Å². The van der Waals surface area contributed by atoms with Crippen molar-refractivity contribution >= 4 is 32.8 Å². The van der Waals surface area contributed by atoms with E-state index in [-0.39, 0.29) is 16.2 Å². The van der Waals surface area contributed by atoms with E-state index in [0.29, 0.717) is 17.1 Å². The van der Waals surface area contributed by atoms with Crippen LogP contribution in [0.1, 0.15) is 108 Å². The maximum Gasteiger partial charge on any atom is 0.269 e. The first-order chi connectivity index (χ1) is 28.0. The lowest BCUT2D eigenvalue weighted by molar-refractivity contribution is -0.572. The zero-order valence-corrected chi connectivity index (χ0v) is 36.1. The molecule has 0 fully saturated rings. The number of pyridine rings is 2. The Morgan fingerprint density at radius 3 is 2.02 bits per heavy atom. The molecule has 296 valence electrons. The lowest BCUT2D eigenvalue weighted by atomic mass is 9.80. The molecule has 0 spiro atoms. The second kappa shape index (κ2) is 14.0. The molecule has 0 aliphatic carbocycles. The summed E-state index contributed by atoms with van der Waals surface area (Å²) in [6, 6.07) is 33.6. The number of hydrogen-bond donors (Lipinski definition) is 0. The number of fused-ring (bicyclic) bond motifs is 4. The molecule has 0 amide bonds. The molecule has 8 aromatic rings. The van der Waals surface area contributed by atoms with Gasteiger partial charge in [-0.05, 0) is 99.3 Å². The Morgan fingerprint density at radius 2 is 1.33 bits per heavy atom. The SMILES string of the molecule is [2H]C([2H])(c1ccc2c(c1)n(-c1cncc(Oc3ccc4c5ccccc5n(-c5cc(C(C)(C)C)ccn5)c4c3)c1)[c-][n+]2-c1cc(C(C)(C)C)cc(C(C)(C)C)c1)C(C)(C)C. The minimum Gasteiger partial charge on any atom is -0.456 e. The van der Waals surface area contributed by atoms with Crippen molar-refractivity contribution < 1.29 is 12.0 Å². The Hall–Kier alpha value is -5.75. The number of para-hydroxylation sites is 1. The van der Waals surface area contributed by atoms with Gasteiger partial charge in [0.25, 0.3) is 6.33 Å². The molecule has 4 aromatic carbocycles. The van der Waals surface area contributed by atoms with Crippen LogP contribution in [-0.2, 0) is 22.6 Å². The van der Waals surface area contributed by atoms with Gasteiger partial charge in [-0.2, -0.15) is 0 Å². The predicted octanol–water partition coefficient (Wildman–Crippen LogP) is 12.9. The van der Waals surface area contributed by atoms with Crippen LogP contribution in [-0.4, -0.2) is 19.1 Å². The summed E-state index contributed by atoms with van der Waals surface area (Å²) in [6.45, 7) is 25.9. The Balaban J connectivity index is 1.27. The molecule has 0 aliphatic heterocycles. The van der Waals surface area contributed by atoms with E-state index in [0.717, 1.165) is 50.0 Å². The van der Waals surface area contributed by atoms with Gasteiger partial charge in [-0.1, -0.05) is 125 Å². The van der Waals surface area contributed by atoms with Crippen LogP contribution in [0.15, 0.2) is 116 Å². The highest BCUT2D eigenvalue weighted by Gasteiger charge is 2.24. The van der Waals surface area contributed by atoms with E-state index in [1.54, 1.807) is 12.4 Å². The van der Waals surface area contributed by atoms with Gasteiger partial charge in [-0.3, -0.25) is 18.7 Å². The Bertz CT molecular complexity index is 2890. The van der Waals surface area contributed by atoms with Gasteiger partial charge in [-0.25, -0.2) is 4.98 Å². The van der Waals surface area contributed by atoms with Crippen LogP contribution in [0.3, 0.4) is 0 Å². The molecule has 0 atom stereocenters. The fraction of sp³-hybridized carbons (Fsp3) is 0.327. The third kappa shape index (κ3) is 7.65. The molecule has 8 rings (SSSR count). The van der Waals surface area contributed by atoms with Crippen LogP contribution < -0.4 is 9.30 Å². The van der Waals surface area contributed by atoms with Gasteiger partial charge in [0.05, 0.1) is 39.6 Å². The largest absolute Gasteiger partial charge is 0.456 e. The molecule has 0 radical (unpaired) electrons.